The van der Waals surface area contributed by atoms with E-state index in [1.165, 1.54) is 0 Å². The number of unbranched alkanes of at least 4 members (excludes halogenated alkanes) is 1. The van der Waals surface area contributed by atoms with Crippen LogP contribution in [0.2, 0.25) is 0 Å². The molecule has 1 saturated carbocycles. The maximum absolute atomic E-state index is 12.2. The maximum Gasteiger partial charge on any atom is 0.305 e. The van der Waals surface area contributed by atoms with Crippen molar-refractivity contribution in [3.05, 3.63) is 0 Å². The van der Waals surface area contributed by atoms with Gasteiger partial charge in [0.1, 0.15) is 6.10 Å². The molecule has 1 N–H and O–H groups in total. The van der Waals surface area contributed by atoms with E-state index in [0.29, 0.717) is 18.7 Å². The van der Waals surface area contributed by atoms with Gasteiger partial charge in [-0.3, -0.25) is 9.36 Å². The summed E-state index contributed by atoms with van der Waals surface area (Å²) >= 11 is 0. The van der Waals surface area contributed by atoms with Crippen molar-refractivity contribution in [2.24, 2.45) is 5.92 Å². The molecular formula is C14H27O4P. The molecule has 19 heavy (non-hydrogen) atoms. The number of esters is 1. The Morgan fingerprint density at radius 1 is 1.32 bits per heavy atom. The number of rotatable bonds is 7. The summed E-state index contributed by atoms with van der Waals surface area (Å²) in [6.45, 7) is 3.80. The minimum Gasteiger partial charge on any atom is -0.462 e. The third-order valence-corrected chi connectivity index (χ3v) is 5.85. The summed E-state index contributed by atoms with van der Waals surface area (Å²) < 4.78 is 17.6. The molecular weight excluding hydrogens is 263 g/mol. The highest BCUT2D eigenvalue weighted by Gasteiger charge is 2.33. The van der Waals surface area contributed by atoms with Crippen LogP contribution in [0.15, 0.2) is 0 Å². The molecule has 0 aromatic carbocycles. The van der Waals surface area contributed by atoms with E-state index in [9.17, 15) is 14.3 Å². The van der Waals surface area contributed by atoms with Gasteiger partial charge < -0.3 is 9.63 Å². The Morgan fingerprint density at radius 2 is 2.00 bits per heavy atom. The molecule has 1 aliphatic rings. The fraction of sp³-hybridized carbons (Fsp3) is 0.929. The van der Waals surface area contributed by atoms with Crippen LogP contribution < -0.4 is 0 Å². The standard InChI is InChI=1S/C14H27O4P/c1-3-5-10-19(16,17)11-12-8-6-7-9-13(12)18-14(15)4-2/h12-13H,3-11H2,1-2H3,(H,16,17). The van der Waals surface area contributed by atoms with E-state index in [2.05, 4.69) is 0 Å². The Bertz CT molecular complexity index is 329. The van der Waals surface area contributed by atoms with Crippen LogP contribution in [0.25, 0.3) is 0 Å². The summed E-state index contributed by atoms with van der Waals surface area (Å²) in [4.78, 5) is 21.4. The first-order valence-corrected chi connectivity index (χ1v) is 9.51. The second kappa shape index (κ2) is 8.06. The third kappa shape index (κ3) is 6.09. The average Bonchev–Trinajstić information content (AvgIpc) is 2.38. The average molecular weight is 290 g/mol. The van der Waals surface area contributed by atoms with Gasteiger partial charge in [0.15, 0.2) is 0 Å². The molecule has 4 nitrogen and oxygen atoms in total. The molecule has 0 aromatic heterocycles. The first kappa shape index (κ1) is 16.7. The predicted octanol–water partition coefficient (Wildman–Crippen LogP) is 3.57. The lowest BCUT2D eigenvalue weighted by Gasteiger charge is -2.32. The molecule has 1 aliphatic carbocycles. The van der Waals surface area contributed by atoms with Crippen LogP contribution in [0.5, 0.6) is 0 Å². The first-order valence-electron chi connectivity index (χ1n) is 7.48. The van der Waals surface area contributed by atoms with Gasteiger partial charge in [0.2, 0.25) is 7.37 Å². The van der Waals surface area contributed by atoms with Crippen molar-refractivity contribution in [2.75, 3.05) is 12.3 Å². The van der Waals surface area contributed by atoms with Crippen molar-refractivity contribution in [3.63, 3.8) is 0 Å². The van der Waals surface area contributed by atoms with E-state index < -0.39 is 7.37 Å². The normalized spacial score (nSPS) is 26.7. The quantitative estimate of drug-likeness (QED) is 0.575. The first-order chi connectivity index (χ1) is 8.98. The fourth-order valence-corrected chi connectivity index (χ4v) is 4.80. The Labute approximate surface area is 116 Å². The number of carbonyl (C=O) groups is 1. The molecule has 0 bridgehead atoms. The second-order valence-electron chi connectivity index (χ2n) is 5.53. The van der Waals surface area contributed by atoms with Gasteiger partial charge in [-0.25, -0.2) is 0 Å². The van der Waals surface area contributed by atoms with Crippen molar-refractivity contribution in [2.45, 2.75) is 64.9 Å². The van der Waals surface area contributed by atoms with Gasteiger partial charge in [-0.1, -0.05) is 26.7 Å². The number of hydrogen-bond donors (Lipinski definition) is 1. The Balaban J connectivity index is 2.56. The van der Waals surface area contributed by atoms with Crippen molar-refractivity contribution in [1.82, 2.24) is 0 Å². The Morgan fingerprint density at radius 3 is 2.63 bits per heavy atom. The number of ether oxygens (including phenoxy) is 1. The second-order valence-corrected chi connectivity index (χ2v) is 8.04. The van der Waals surface area contributed by atoms with Crippen LogP contribution in [0.3, 0.4) is 0 Å². The Hall–Kier alpha value is -0.340. The zero-order chi connectivity index (χ0) is 14.3. The molecule has 0 radical (unpaired) electrons. The SMILES string of the molecule is CCCCP(=O)(O)CC1CCCCC1OC(=O)CC. The lowest BCUT2D eigenvalue weighted by atomic mass is 9.88. The van der Waals surface area contributed by atoms with Crippen molar-refractivity contribution in [3.8, 4) is 0 Å². The molecule has 0 aliphatic heterocycles. The molecule has 0 heterocycles. The van der Waals surface area contributed by atoms with Gasteiger partial charge in [0.25, 0.3) is 0 Å². The van der Waals surface area contributed by atoms with E-state index in [0.717, 1.165) is 38.5 Å². The zero-order valence-corrected chi connectivity index (χ0v) is 13.0. The van der Waals surface area contributed by atoms with Gasteiger partial charge in [-0.15, -0.1) is 0 Å². The molecule has 0 amide bonds. The summed E-state index contributed by atoms with van der Waals surface area (Å²) in [7, 11) is -3.06. The molecule has 3 unspecified atom stereocenters. The Kier molecular flexibility index (Phi) is 7.09. The van der Waals surface area contributed by atoms with E-state index in [1.54, 1.807) is 6.92 Å². The minimum absolute atomic E-state index is 0.0666. The van der Waals surface area contributed by atoms with E-state index in [-0.39, 0.29) is 18.0 Å². The molecule has 3 atom stereocenters. The van der Waals surface area contributed by atoms with Crippen LogP contribution in [0.1, 0.15) is 58.8 Å². The maximum atomic E-state index is 12.2. The third-order valence-electron chi connectivity index (χ3n) is 3.79. The smallest absolute Gasteiger partial charge is 0.305 e. The van der Waals surface area contributed by atoms with Gasteiger partial charge in [-0.2, -0.15) is 0 Å². The predicted molar refractivity (Wildman–Crippen MR) is 76.6 cm³/mol. The summed E-state index contributed by atoms with van der Waals surface area (Å²) in [5.41, 5.74) is 0. The van der Waals surface area contributed by atoms with Crippen molar-refractivity contribution in [1.29, 1.82) is 0 Å². The largest absolute Gasteiger partial charge is 0.462 e. The molecule has 112 valence electrons. The lowest BCUT2D eigenvalue weighted by molar-refractivity contribution is -0.152. The molecule has 0 aromatic rings. The van der Waals surface area contributed by atoms with E-state index >= 15 is 0 Å². The monoisotopic (exact) mass is 290 g/mol. The van der Waals surface area contributed by atoms with Gasteiger partial charge in [0.05, 0.1) is 0 Å². The van der Waals surface area contributed by atoms with Crippen LogP contribution in [-0.4, -0.2) is 29.3 Å². The number of carbonyl (C=O) groups excluding carboxylic acids is 1. The van der Waals surface area contributed by atoms with Crippen LogP contribution in [-0.2, 0) is 14.1 Å². The fourth-order valence-electron chi connectivity index (χ4n) is 2.65. The highest BCUT2D eigenvalue weighted by Crippen LogP contribution is 2.46. The molecule has 1 rings (SSSR count). The van der Waals surface area contributed by atoms with E-state index in [4.69, 9.17) is 4.74 Å². The molecule has 0 spiro atoms. The summed E-state index contributed by atoms with van der Waals surface area (Å²) in [6, 6.07) is 0. The number of hydrogen-bond acceptors (Lipinski definition) is 3. The topological polar surface area (TPSA) is 63.6 Å². The van der Waals surface area contributed by atoms with Crippen LogP contribution in [0.4, 0.5) is 0 Å². The van der Waals surface area contributed by atoms with Crippen molar-refractivity contribution < 1.29 is 19.0 Å². The van der Waals surface area contributed by atoms with Crippen LogP contribution >= 0.6 is 7.37 Å². The molecule has 5 heteroatoms. The van der Waals surface area contributed by atoms with Crippen molar-refractivity contribution >= 4 is 13.3 Å². The highest BCUT2D eigenvalue weighted by atomic mass is 31.2. The molecule has 1 fully saturated rings. The zero-order valence-electron chi connectivity index (χ0n) is 12.1. The molecule has 0 saturated heterocycles. The van der Waals surface area contributed by atoms with Crippen LogP contribution in [0, 0.1) is 5.92 Å². The van der Waals surface area contributed by atoms with Gasteiger partial charge in [0, 0.05) is 24.7 Å². The summed E-state index contributed by atoms with van der Waals surface area (Å²) in [5.74, 6) is -0.129. The minimum atomic E-state index is -3.06. The summed E-state index contributed by atoms with van der Waals surface area (Å²) in [5, 5.41) is 0. The van der Waals surface area contributed by atoms with Gasteiger partial charge in [-0.05, 0) is 25.7 Å². The lowest BCUT2D eigenvalue weighted by Crippen LogP contribution is -2.32. The van der Waals surface area contributed by atoms with Gasteiger partial charge >= 0.3 is 5.97 Å². The highest BCUT2D eigenvalue weighted by molar-refractivity contribution is 7.58. The van der Waals surface area contributed by atoms with E-state index in [1.807, 2.05) is 6.92 Å². The summed E-state index contributed by atoms with van der Waals surface area (Å²) in [6.07, 6.45) is 6.51.